The zero-order valence-corrected chi connectivity index (χ0v) is 19.1. The molecule has 0 amide bonds. The third-order valence-corrected chi connectivity index (χ3v) is 9.70. The summed E-state index contributed by atoms with van der Waals surface area (Å²) in [5.74, 6) is 0.223. The molecule has 1 N–H and O–H groups in total. The molecule has 0 radical (unpaired) electrons. The molecule has 9 heteroatoms. The number of hydrogen-bond donors (Lipinski definition) is 1. The summed E-state index contributed by atoms with van der Waals surface area (Å²) in [4.78, 5) is 0.0271. The molecule has 164 valence electrons. The average Bonchev–Trinajstić information content (AvgIpc) is 3.03. The average molecular weight is 454 g/mol. The van der Waals surface area contributed by atoms with Crippen LogP contribution in [-0.2, 0) is 26.2 Å². The van der Waals surface area contributed by atoms with E-state index >= 15 is 0 Å². The first-order valence-corrected chi connectivity index (χ1v) is 12.9. The lowest BCUT2D eigenvalue weighted by Gasteiger charge is -2.22. The highest BCUT2D eigenvalue weighted by Gasteiger charge is 2.46. The Hall–Kier alpha value is -2.10. The van der Waals surface area contributed by atoms with Crippen molar-refractivity contribution >= 4 is 19.7 Å². The molecule has 7 nitrogen and oxygen atoms in total. The third kappa shape index (κ3) is 4.48. The minimum atomic E-state index is -3.96. The zero-order valence-electron chi connectivity index (χ0n) is 17.5. The van der Waals surface area contributed by atoms with Gasteiger partial charge in [-0.2, -0.15) is 0 Å². The maximum absolute atomic E-state index is 13.5. The monoisotopic (exact) mass is 453 g/mol. The van der Waals surface area contributed by atoms with Crippen LogP contribution in [0.3, 0.4) is 0 Å². The van der Waals surface area contributed by atoms with Crippen LogP contribution in [0.15, 0.2) is 41.3 Å². The second kappa shape index (κ2) is 8.56. The minimum Gasteiger partial charge on any atom is -0.496 e. The molecule has 2 aromatic carbocycles. The van der Waals surface area contributed by atoms with E-state index in [1.165, 1.54) is 7.11 Å². The Kier molecular flexibility index (Phi) is 6.45. The number of methoxy groups -OCH3 is 2. The van der Waals surface area contributed by atoms with Crippen molar-refractivity contribution in [2.45, 2.75) is 36.6 Å². The zero-order chi connectivity index (χ0) is 22.1. The fraction of sp³-hybridized carbons (Fsp3) is 0.429. The van der Waals surface area contributed by atoms with Crippen molar-refractivity contribution in [1.29, 1.82) is 0 Å². The Morgan fingerprint density at radius 2 is 1.63 bits per heavy atom. The van der Waals surface area contributed by atoms with Crippen molar-refractivity contribution in [3.05, 3.63) is 53.1 Å². The van der Waals surface area contributed by atoms with Crippen LogP contribution < -0.4 is 14.8 Å². The smallest absolute Gasteiger partial charge is 0.187 e. The molecule has 2 atom stereocenters. The van der Waals surface area contributed by atoms with E-state index < -0.39 is 36.7 Å². The fourth-order valence-electron chi connectivity index (χ4n) is 3.71. The minimum absolute atomic E-state index is 0.0271. The predicted octanol–water partition coefficient (Wildman–Crippen LogP) is 2.05. The van der Waals surface area contributed by atoms with E-state index in [0.29, 0.717) is 12.3 Å². The van der Waals surface area contributed by atoms with E-state index in [2.05, 4.69) is 5.32 Å². The summed E-state index contributed by atoms with van der Waals surface area (Å²) in [5.41, 5.74) is 2.52. The largest absolute Gasteiger partial charge is 0.496 e. The Bertz CT molecular complexity index is 1140. The van der Waals surface area contributed by atoms with Gasteiger partial charge in [-0.25, -0.2) is 16.8 Å². The molecule has 0 bridgehead atoms. The highest BCUT2D eigenvalue weighted by Crippen LogP contribution is 2.34. The molecule has 0 spiro atoms. The van der Waals surface area contributed by atoms with E-state index in [9.17, 15) is 16.8 Å². The summed E-state index contributed by atoms with van der Waals surface area (Å²) in [7, 11) is -4.50. The predicted molar refractivity (Wildman–Crippen MR) is 116 cm³/mol. The Balaban J connectivity index is 1.95. The second-order valence-electron chi connectivity index (χ2n) is 7.55. The number of nitrogens with one attached hydrogen (secondary N) is 1. The van der Waals surface area contributed by atoms with Crippen molar-refractivity contribution in [3.8, 4) is 11.5 Å². The molecule has 1 saturated heterocycles. The first-order valence-electron chi connectivity index (χ1n) is 9.54. The summed E-state index contributed by atoms with van der Waals surface area (Å²) in [5, 5.41) is 2.04. The van der Waals surface area contributed by atoms with Crippen molar-refractivity contribution < 1.29 is 26.3 Å². The van der Waals surface area contributed by atoms with Gasteiger partial charge in [0, 0.05) is 18.2 Å². The Labute approximate surface area is 178 Å². The summed E-state index contributed by atoms with van der Waals surface area (Å²) in [6.07, 6.45) is 0. The molecule has 1 fully saturated rings. The van der Waals surface area contributed by atoms with Crippen molar-refractivity contribution in [2.75, 3.05) is 25.7 Å². The molecule has 0 saturated carbocycles. The fourth-order valence-corrected chi connectivity index (χ4v) is 8.65. The third-order valence-electron chi connectivity index (χ3n) is 5.53. The molecular weight excluding hydrogens is 426 g/mol. The normalized spacial score (nSPS) is 20.8. The van der Waals surface area contributed by atoms with Crippen LogP contribution in [0, 0.1) is 13.8 Å². The van der Waals surface area contributed by atoms with Crippen LogP contribution in [0.1, 0.15) is 16.7 Å². The van der Waals surface area contributed by atoms with E-state index in [1.807, 2.05) is 32.0 Å². The molecule has 1 aliphatic heterocycles. The Morgan fingerprint density at radius 1 is 1.00 bits per heavy atom. The molecular formula is C21H27NO6S2. The van der Waals surface area contributed by atoms with Gasteiger partial charge in [-0.1, -0.05) is 18.2 Å². The van der Waals surface area contributed by atoms with E-state index in [4.69, 9.17) is 9.47 Å². The van der Waals surface area contributed by atoms with Gasteiger partial charge >= 0.3 is 0 Å². The summed E-state index contributed by atoms with van der Waals surface area (Å²) >= 11 is 0. The van der Waals surface area contributed by atoms with Crippen LogP contribution in [0.4, 0.5) is 0 Å². The molecule has 1 aliphatic rings. The van der Waals surface area contributed by atoms with Crippen molar-refractivity contribution in [1.82, 2.24) is 5.32 Å². The standard InChI is InChI=1S/C21H27NO6S2/c1-14-9-19(28-4)20(10-15(14)2)30(25,26)21-13-29(23,24)12-17(21)22-11-16-7-5-6-8-18(16)27-3/h5-10,17,21-22H,11-13H2,1-4H3/t17-,21-/m0/s1. The molecule has 0 unspecified atom stereocenters. The van der Waals surface area contributed by atoms with Crippen LogP contribution in [0.25, 0.3) is 0 Å². The van der Waals surface area contributed by atoms with E-state index in [1.54, 1.807) is 25.3 Å². The SMILES string of the molecule is COc1ccccc1CN[C@H]1CS(=O)(=O)C[C@@H]1S(=O)(=O)c1cc(C)c(C)cc1OC. The van der Waals surface area contributed by atoms with Gasteiger partial charge in [0.2, 0.25) is 0 Å². The Morgan fingerprint density at radius 3 is 2.30 bits per heavy atom. The summed E-state index contributed by atoms with van der Waals surface area (Å²) in [6.45, 7) is 3.97. The molecule has 1 heterocycles. The first kappa shape index (κ1) is 22.6. The molecule has 0 aromatic heterocycles. The topological polar surface area (TPSA) is 98.8 Å². The van der Waals surface area contributed by atoms with Gasteiger partial charge in [-0.05, 0) is 43.2 Å². The lowest BCUT2D eigenvalue weighted by molar-refractivity contribution is 0.401. The van der Waals surface area contributed by atoms with Crippen LogP contribution in [-0.4, -0.2) is 53.9 Å². The molecule has 3 rings (SSSR count). The van der Waals surface area contributed by atoms with Crippen molar-refractivity contribution in [2.24, 2.45) is 0 Å². The van der Waals surface area contributed by atoms with Gasteiger partial charge in [0.05, 0.1) is 31.0 Å². The number of para-hydroxylation sites is 1. The number of aryl methyl sites for hydroxylation is 2. The number of hydrogen-bond acceptors (Lipinski definition) is 7. The van der Waals surface area contributed by atoms with Gasteiger partial charge in [0.15, 0.2) is 19.7 Å². The van der Waals surface area contributed by atoms with E-state index in [-0.39, 0.29) is 16.4 Å². The lowest BCUT2D eigenvalue weighted by Crippen LogP contribution is -2.43. The van der Waals surface area contributed by atoms with Gasteiger partial charge in [0.25, 0.3) is 0 Å². The van der Waals surface area contributed by atoms with Crippen molar-refractivity contribution in [3.63, 3.8) is 0 Å². The van der Waals surface area contributed by atoms with E-state index in [0.717, 1.165) is 16.7 Å². The van der Waals surface area contributed by atoms with Gasteiger partial charge in [0.1, 0.15) is 16.4 Å². The molecule has 30 heavy (non-hydrogen) atoms. The number of sulfone groups is 2. The maximum atomic E-state index is 13.5. The van der Waals surface area contributed by atoms with Crippen LogP contribution in [0.5, 0.6) is 11.5 Å². The molecule has 2 aromatic rings. The highest BCUT2D eigenvalue weighted by molar-refractivity contribution is 7.96. The summed E-state index contributed by atoms with van der Waals surface area (Å²) < 4.78 is 62.4. The number of rotatable bonds is 7. The van der Waals surface area contributed by atoms with Gasteiger partial charge in [-0.3, -0.25) is 0 Å². The lowest BCUT2D eigenvalue weighted by atomic mass is 10.1. The highest BCUT2D eigenvalue weighted by atomic mass is 32.2. The van der Waals surface area contributed by atoms with Gasteiger partial charge < -0.3 is 14.8 Å². The quantitative estimate of drug-likeness (QED) is 0.685. The second-order valence-corrected chi connectivity index (χ2v) is 11.8. The summed E-state index contributed by atoms with van der Waals surface area (Å²) in [6, 6.07) is 9.83. The number of ether oxygens (including phenoxy) is 2. The molecule has 0 aliphatic carbocycles. The number of benzene rings is 2. The van der Waals surface area contributed by atoms with Crippen LogP contribution >= 0.6 is 0 Å². The first-order chi connectivity index (χ1) is 14.1. The van der Waals surface area contributed by atoms with Crippen LogP contribution in [0.2, 0.25) is 0 Å². The van der Waals surface area contributed by atoms with Gasteiger partial charge in [-0.15, -0.1) is 0 Å². The maximum Gasteiger partial charge on any atom is 0.187 e.